The van der Waals surface area contributed by atoms with Crippen LogP contribution >= 0.6 is 0 Å². The molecule has 21 heteroatoms. The Morgan fingerprint density at radius 2 is 0.450 bits per heavy atom. The SMILES string of the molecule is CC(C)c1ccc(N2CCCC(N)C2)cn1.CC(C)c1ccc(N2CCC[C@@H](C(C)(C)O)C2)cn1.CC(C)c1ccc(N2CCC[C@@H](N)C2)cn1.CC(C)c1ccc(N2CCC[C@H](C(C)(C)O)C2)cn1.CC(C)c1ccc(N2CCC[C@H](N)C2)cn1.CNC1CCCN(c2ccc(C(C)C)nc2)C1.CN[C@@H]1CCCN(c2ccc(C(C)C)nc2)C1. The fourth-order valence-corrected chi connectivity index (χ4v) is 16.7. The number of hydrogen-bond donors (Lipinski definition) is 7. The second-order valence-electron chi connectivity index (χ2n) is 38.2. The number of likely N-dealkylation sites (N-methyl/N-ethyl adjacent to an activating group) is 2. The third-order valence-corrected chi connectivity index (χ3v) is 25.0. The van der Waals surface area contributed by atoms with E-state index in [1.54, 1.807) is 0 Å². The molecule has 10 N–H and O–H groups in total. The molecule has 664 valence electrons. The third kappa shape index (κ3) is 31.6. The first-order valence-electron chi connectivity index (χ1n) is 46.2. The van der Waals surface area contributed by atoms with Crippen molar-refractivity contribution in [3.63, 3.8) is 0 Å². The molecule has 14 heterocycles. The summed E-state index contributed by atoms with van der Waals surface area (Å²) in [5.74, 6) is 4.13. The molecule has 7 aliphatic heterocycles. The van der Waals surface area contributed by atoms with Gasteiger partial charge in [-0.1, -0.05) is 96.9 Å². The summed E-state index contributed by atoms with van der Waals surface area (Å²) >= 11 is 0. The Morgan fingerprint density at radius 3 is 0.608 bits per heavy atom. The Kier molecular flexibility index (Phi) is 39.5. The topological polar surface area (TPSA) is 255 Å². The second-order valence-corrected chi connectivity index (χ2v) is 38.2. The molecule has 7 aromatic heterocycles. The van der Waals surface area contributed by atoms with E-state index in [4.69, 9.17) is 17.2 Å². The van der Waals surface area contributed by atoms with Gasteiger partial charge in [0, 0.05) is 174 Å². The van der Waals surface area contributed by atoms with Crippen LogP contribution in [0.1, 0.15) is 296 Å². The van der Waals surface area contributed by atoms with Crippen LogP contribution in [0.3, 0.4) is 0 Å². The Hall–Kier alpha value is -7.63. The van der Waals surface area contributed by atoms with E-state index in [1.807, 2.05) is 85.2 Å². The van der Waals surface area contributed by atoms with Crippen LogP contribution < -0.4 is 62.1 Å². The minimum absolute atomic E-state index is 0.318. The largest absolute Gasteiger partial charge is 0.390 e. The molecule has 0 bridgehead atoms. The average molecular weight is 1650 g/mol. The van der Waals surface area contributed by atoms with Crippen molar-refractivity contribution in [3.05, 3.63) is 168 Å². The highest BCUT2D eigenvalue weighted by Crippen LogP contribution is 2.34. The van der Waals surface area contributed by atoms with Crippen molar-refractivity contribution in [1.82, 2.24) is 45.5 Å². The molecule has 7 aliphatic rings. The van der Waals surface area contributed by atoms with Crippen molar-refractivity contribution >= 4 is 39.8 Å². The molecular weight excluding hydrogens is 1490 g/mol. The predicted octanol–water partition coefficient (Wildman–Crippen LogP) is 17.6. The second kappa shape index (κ2) is 48.4. The summed E-state index contributed by atoms with van der Waals surface area (Å²) in [6.45, 7) is 52.7. The van der Waals surface area contributed by atoms with Crippen molar-refractivity contribution in [2.75, 3.05) is 140 Å². The standard InChI is InChI=1S/2C16H26N2O.2C14H23N3.3C13H21N3/c2*1-12(2)15-8-7-14(10-17-15)18-9-5-6-13(11-18)16(3,4)19;2*1-11(2)14-7-6-13(9-16-14)17-8-4-5-12(10-17)15-3;3*1-10(2)13-6-5-12(8-15-13)16-7-3-4-11(14)9-16/h2*7-8,10,12-13,19H,5-6,9,11H2,1-4H3;2*6-7,9,11-12,15H,4-5,8,10H2,1-3H3;3*5-6,8,10-11H,3-4,7,9,14H2,1-2H3/t2*13-;12-;;2*11-;/m101.10./s1. The lowest BCUT2D eigenvalue weighted by atomic mass is 9.84. The van der Waals surface area contributed by atoms with E-state index < -0.39 is 11.2 Å². The van der Waals surface area contributed by atoms with Gasteiger partial charge in [0.15, 0.2) is 0 Å². The van der Waals surface area contributed by atoms with Crippen LogP contribution in [0.5, 0.6) is 0 Å². The van der Waals surface area contributed by atoms with E-state index in [0.29, 0.717) is 83.5 Å². The van der Waals surface area contributed by atoms with Crippen molar-refractivity contribution < 1.29 is 10.2 Å². The first-order valence-corrected chi connectivity index (χ1v) is 46.2. The van der Waals surface area contributed by atoms with Gasteiger partial charge < -0.3 is 72.3 Å². The maximum atomic E-state index is 10.2. The van der Waals surface area contributed by atoms with Crippen LogP contribution in [0, 0.1) is 11.8 Å². The molecule has 7 aromatic rings. The van der Waals surface area contributed by atoms with E-state index in [0.717, 1.165) is 165 Å². The number of pyridine rings is 7. The smallest absolute Gasteiger partial charge is 0.0636 e. The fourth-order valence-electron chi connectivity index (χ4n) is 16.7. The predicted molar refractivity (Wildman–Crippen MR) is 508 cm³/mol. The lowest BCUT2D eigenvalue weighted by molar-refractivity contribution is 0.0106. The molecule has 0 aliphatic carbocycles. The van der Waals surface area contributed by atoms with Gasteiger partial charge in [0.1, 0.15) is 0 Å². The molecule has 7 saturated heterocycles. The van der Waals surface area contributed by atoms with E-state index in [9.17, 15) is 10.2 Å². The van der Waals surface area contributed by atoms with Gasteiger partial charge >= 0.3 is 0 Å². The van der Waals surface area contributed by atoms with Crippen LogP contribution in [0.4, 0.5) is 39.8 Å². The molecule has 0 saturated carbocycles. The molecule has 0 aromatic carbocycles. The van der Waals surface area contributed by atoms with Gasteiger partial charge in [-0.2, -0.15) is 0 Å². The number of aliphatic hydroxyl groups is 2. The Balaban J connectivity index is 0.000000174. The zero-order valence-electron chi connectivity index (χ0n) is 77.9. The van der Waals surface area contributed by atoms with E-state index in [-0.39, 0.29) is 0 Å². The number of aromatic nitrogens is 7. The Morgan fingerprint density at radius 1 is 0.275 bits per heavy atom. The van der Waals surface area contributed by atoms with Crippen molar-refractivity contribution in [3.8, 4) is 0 Å². The minimum Gasteiger partial charge on any atom is -0.390 e. The van der Waals surface area contributed by atoms with Gasteiger partial charge in [0.05, 0.1) is 94.4 Å². The third-order valence-electron chi connectivity index (χ3n) is 25.0. The number of nitrogens with zero attached hydrogens (tertiary/aromatic N) is 14. The van der Waals surface area contributed by atoms with Crippen molar-refractivity contribution in [2.45, 2.75) is 297 Å². The maximum absolute atomic E-state index is 10.2. The lowest BCUT2D eigenvalue weighted by Gasteiger charge is -2.39. The summed E-state index contributed by atoms with van der Waals surface area (Å²) in [6, 6.07) is 32.4. The van der Waals surface area contributed by atoms with Crippen LogP contribution in [0.25, 0.3) is 0 Å². The molecule has 0 amide bonds. The first-order chi connectivity index (χ1) is 57.2. The number of piperidine rings is 7. The molecule has 7 fully saturated rings. The molecule has 14 rings (SSSR count). The minimum atomic E-state index is -0.593. The van der Waals surface area contributed by atoms with E-state index in [2.05, 4.69) is 262 Å². The molecular formula is C99H161N19O2. The van der Waals surface area contributed by atoms with Gasteiger partial charge in [-0.25, -0.2) is 0 Å². The summed E-state index contributed by atoms with van der Waals surface area (Å²) in [7, 11) is 4.10. The summed E-state index contributed by atoms with van der Waals surface area (Å²) in [5.41, 5.74) is 33.4. The van der Waals surface area contributed by atoms with Gasteiger partial charge in [0.25, 0.3) is 0 Å². The summed E-state index contributed by atoms with van der Waals surface area (Å²) in [6.07, 6.45) is 30.5. The van der Waals surface area contributed by atoms with Crippen LogP contribution in [0.15, 0.2) is 128 Å². The van der Waals surface area contributed by atoms with Crippen LogP contribution in [0.2, 0.25) is 0 Å². The van der Waals surface area contributed by atoms with Crippen molar-refractivity contribution in [1.29, 1.82) is 0 Å². The van der Waals surface area contributed by atoms with E-state index >= 15 is 0 Å². The zero-order valence-corrected chi connectivity index (χ0v) is 77.9. The highest BCUT2D eigenvalue weighted by atomic mass is 16.3. The quantitative estimate of drug-likeness (QED) is 0.0421. The molecule has 0 spiro atoms. The highest BCUT2D eigenvalue weighted by molar-refractivity contribution is 5.51. The average Bonchev–Trinajstić information content (AvgIpc) is 0.828. The Bertz CT molecular complexity index is 3620. The molecule has 0 radical (unpaired) electrons. The Labute approximate surface area is 726 Å². The van der Waals surface area contributed by atoms with Gasteiger partial charge in [-0.05, 0) is 258 Å². The molecule has 21 nitrogen and oxygen atoms in total. The fraction of sp³-hybridized carbons (Fsp3) is 0.646. The van der Waals surface area contributed by atoms with Gasteiger partial charge in [0.2, 0.25) is 0 Å². The van der Waals surface area contributed by atoms with Crippen LogP contribution in [-0.2, 0) is 0 Å². The summed E-state index contributed by atoms with van der Waals surface area (Å²) < 4.78 is 0. The first kappa shape index (κ1) is 97.8. The highest BCUT2D eigenvalue weighted by Gasteiger charge is 2.34. The number of rotatable bonds is 18. The normalized spacial score (nSPS) is 21.2. The van der Waals surface area contributed by atoms with Crippen LogP contribution in [-0.4, -0.2) is 192 Å². The number of hydrogen-bond acceptors (Lipinski definition) is 21. The number of nitrogens with two attached hydrogens (primary N) is 3. The summed E-state index contributed by atoms with van der Waals surface area (Å²) in [4.78, 5) is 48.2. The molecule has 2 unspecified atom stereocenters. The van der Waals surface area contributed by atoms with Crippen molar-refractivity contribution in [2.24, 2.45) is 29.0 Å². The zero-order chi connectivity index (χ0) is 87.2. The van der Waals surface area contributed by atoms with E-state index in [1.165, 1.54) is 96.1 Å². The lowest BCUT2D eigenvalue weighted by Crippen LogP contribution is -2.44. The molecule has 120 heavy (non-hydrogen) atoms. The van der Waals surface area contributed by atoms with Gasteiger partial charge in [-0.3, -0.25) is 34.9 Å². The molecule has 7 atom stereocenters. The summed E-state index contributed by atoms with van der Waals surface area (Å²) in [5, 5.41) is 27.1. The maximum Gasteiger partial charge on any atom is 0.0636 e. The number of nitrogens with one attached hydrogen (secondary N) is 2. The van der Waals surface area contributed by atoms with Gasteiger partial charge in [-0.15, -0.1) is 0 Å². The monoisotopic (exact) mass is 1650 g/mol. The number of anilines is 7.